The summed E-state index contributed by atoms with van der Waals surface area (Å²) >= 11 is 0. The molecule has 1 aliphatic rings. The summed E-state index contributed by atoms with van der Waals surface area (Å²) in [7, 11) is 0. The first-order chi connectivity index (χ1) is 10.0. The van der Waals surface area contributed by atoms with Gasteiger partial charge in [0.25, 0.3) is 0 Å². The lowest BCUT2D eigenvalue weighted by molar-refractivity contribution is -0.134. The van der Waals surface area contributed by atoms with Gasteiger partial charge >= 0.3 is 11.9 Å². The Morgan fingerprint density at radius 3 is 2.14 bits per heavy atom. The zero-order valence-electron chi connectivity index (χ0n) is 11.0. The summed E-state index contributed by atoms with van der Waals surface area (Å²) < 4.78 is 5.17. The highest BCUT2D eigenvalue weighted by molar-refractivity contribution is 5.89. The maximum absolute atomic E-state index is 9.55. The molecule has 6 nitrogen and oxygen atoms in total. The molecule has 0 saturated carbocycles. The van der Waals surface area contributed by atoms with Gasteiger partial charge in [-0.05, 0) is 11.6 Å². The Hall–Kier alpha value is -2.86. The van der Waals surface area contributed by atoms with Crippen LogP contribution in [0, 0.1) is 0 Å². The fourth-order valence-corrected chi connectivity index (χ4v) is 1.47. The smallest absolute Gasteiger partial charge is 0.328 e. The van der Waals surface area contributed by atoms with Crippen LogP contribution in [0.15, 0.2) is 60.9 Å². The number of rotatable bonds is 3. The van der Waals surface area contributed by atoms with Crippen LogP contribution < -0.4 is 5.73 Å². The average molecular weight is 289 g/mol. The summed E-state index contributed by atoms with van der Waals surface area (Å²) in [6.07, 6.45) is 6.21. The Kier molecular flexibility index (Phi) is 6.43. The van der Waals surface area contributed by atoms with Gasteiger partial charge in [0.2, 0.25) is 0 Å². The molecule has 0 bridgehead atoms. The Labute approximate surface area is 121 Å². The molecule has 6 heteroatoms. The first kappa shape index (κ1) is 16.2. The summed E-state index contributed by atoms with van der Waals surface area (Å²) in [5.74, 6) is -2.51. The molecule has 0 fully saturated rings. The highest BCUT2D eigenvalue weighted by Crippen LogP contribution is 2.20. The molecule has 1 atom stereocenters. The van der Waals surface area contributed by atoms with Crippen LogP contribution in [0.25, 0.3) is 5.57 Å². The molecule has 1 unspecified atom stereocenters. The first-order valence-electron chi connectivity index (χ1n) is 5.98. The van der Waals surface area contributed by atoms with E-state index in [-0.39, 0.29) is 6.23 Å². The number of aliphatic carboxylic acids is 2. The largest absolute Gasteiger partial charge is 0.479 e. The standard InChI is InChI=1S/C11H11NO.C4H4O4/c12-11-10(7-4-8-13-11)9-5-2-1-3-6-9;5-3(6)1-2-4(7)8/h1-8,11H,12H2;1-2H,(H,5,6)(H,7,8)/b;2-1-. The van der Waals surface area contributed by atoms with E-state index in [4.69, 9.17) is 20.7 Å². The van der Waals surface area contributed by atoms with Crippen LogP contribution in [0.4, 0.5) is 0 Å². The van der Waals surface area contributed by atoms with E-state index in [1.165, 1.54) is 0 Å². The van der Waals surface area contributed by atoms with E-state index < -0.39 is 11.9 Å². The Balaban J connectivity index is 0.000000240. The number of hydrogen-bond acceptors (Lipinski definition) is 4. The number of ether oxygens (including phenoxy) is 1. The zero-order chi connectivity index (χ0) is 15.7. The molecule has 1 aliphatic heterocycles. The SMILES string of the molecule is NC1OC=CC=C1c1ccccc1.O=C(O)/C=C\C(=O)O. The van der Waals surface area contributed by atoms with Crippen LogP contribution in [0.2, 0.25) is 0 Å². The van der Waals surface area contributed by atoms with Crippen LogP contribution in [0.1, 0.15) is 5.56 Å². The van der Waals surface area contributed by atoms with E-state index in [1.54, 1.807) is 6.26 Å². The van der Waals surface area contributed by atoms with Crippen LogP contribution in [-0.4, -0.2) is 28.4 Å². The molecule has 0 radical (unpaired) electrons. The predicted octanol–water partition coefficient (Wildman–Crippen LogP) is 1.61. The van der Waals surface area contributed by atoms with Gasteiger partial charge in [0.15, 0.2) is 6.23 Å². The predicted molar refractivity (Wildman–Crippen MR) is 77.0 cm³/mol. The maximum atomic E-state index is 9.55. The summed E-state index contributed by atoms with van der Waals surface area (Å²) in [6, 6.07) is 10.00. The second-order valence-corrected chi connectivity index (χ2v) is 3.88. The highest BCUT2D eigenvalue weighted by Gasteiger charge is 2.12. The molecular weight excluding hydrogens is 274 g/mol. The minimum atomic E-state index is -1.26. The average Bonchev–Trinajstić information content (AvgIpc) is 2.47. The molecule has 1 heterocycles. The summed E-state index contributed by atoms with van der Waals surface area (Å²) in [5.41, 5.74) is 7.90. The van der Waals surface area contributed by atoms with Gasteiger partial charge in [0.05, 0.1) is 6.26 Å². The van der Waals surface area contributed by atoms with Gasteiger partial charge in [-0.15, -0.1) is 0 Å². The molecule has 1 aromatic carbocycles. The second kappa shape index (κ2) is 8.34. The van der Waals surface area contributed by atoms with Gasteiger partial charge in [0.1, 0.15) is 0 Å². The van der Waals surface area contributed by atoms with E-state index in [1.807, 2.05) is 42.5 Å². The number of benzene rings is 1. The van der Waals surface area contributed by atoms with Crippen molar-refractivity contribution in [3.8, 4) is 0 Å². The van der Waals surface area contributed by atoms with Crippen molar-refractivity contribution in [2.45, 2.75) is 6.23 Å². The molecule has 1 aromatic rings. The Morgan fingerprint density at radius 1 is 1.10 bits per heavy atom. The first-order valence-corrected chi connectivity index (χ1v) is 5.98. The normalized spacial score (nSPS) is 16.4. The maximum Gasteiger partial charge on any atom is 0.328 e. The van der Waals surface area contributed by atoms with Crippen molar-refractivity contribution < 1.29 is 24.5 Å². The van der Waals surface area contributed by atoms with Crippen molar-refractivity contribution in [2.75, 3.05) is 0 Å². The fraction of sp³-hybridized carbons (Fsp3) is 0.0667. The monoisotopic (exact) mass is 289 g/mol. The molecule has 2 rings (SSSR count). The molecule has 0 aromatic heterocycles. The second-order valence-electron chi connectivity index (χ2n) is 3.88. The number of hydrogen-bond donors (Lipinski definition) is 3. The molecule has 0 amide bonds. The molecule has 0 saturated heterocycles. The van der Waals surface area contributed by atoms with Crippen molar-refractivity contribution >= 4 is 17.5 Å². The number of carboxylic acid groups (broad SMARTS) is 2. The van der Waals surface area contributed by atoms with E-state index in [2.05, 4.69) is 0 Å². The van der Waals surface area contributed by atoms with E-state index >= 15 is 0 Å². The molecule has 0 spiro atoms. The van der Waals surface area contributed by atoms with Gasteiger partial charge in [-0.1, -0.05) is 36.4 Å². The fourth-order valence-electron chi connectivity index (χ4n) is 1.47. The minimum Gasteiger partial charge on any atom is -0.479 e. The number of carboxylic acids is 2. The molecule has 21 heavy (non-hydrogen) atoms. The van der Waals surface area contributed by atoms with Gasteiger partial charge < -0.3 is 14.9 Å². The third kappa shape index (κ3) is 6.22. The van der Waals surface area contributed by atoms with Gasteiger partial charge in [0, 0.05) is 17.7 Å². The van der Waals surface area contributed by atoms with Crippen LogP contribution >= 0.6 is 0 Å². The van der Waals surface area contributed by atoms with Crippen molar-refractivity contribution in [1.29, 1.82) is 0 Å². The number of carbonyl (C=O) groups is 2. The highest BCUT2D eigenvalue weighted by atomic mass is 16.5. The lowest BCUT2D eigenvalue weighted by Gasteiger charge is -2.18. The lowest BCUT2D eigenvalue weighted by atomic mass is 10.0. The minimum absolute atomic E-state index is 0.340. The molecule has 110 valence electrons. The zero-order valence-corrected chi connectivity index (χ0v) is 11.0. The van der Waals surface area contributed by atoms with Crippen LogP contribution in [-0.2, 0) is 14.3 Å². The Bertz CT molecular complexity index is 559. The lowest BCUT2D eigenvalue weighted by Crippen LogP contribution is -2.24. The van der Waals surface area contributed by atoms with E-state index in [0.29, 0.717) is 12.2 Å². The third-order valence-corrected chi connectivity index (χ3v) is 2.36. The summed E-state index contributed by atoms with van der Waals surface area (Å²) in [4.78, 5) is 19.1. The van der Waals surface area contributed by atoms with Crippen molar-refractivity contribution in [1.82, 2.24) is 0 Å². The number of allylic oxidation sites excluding steroid dienone is 2. The van der Waals surface area contributed by atoms with E-state index in [9.17, 15) is 9.59 Å². The summed E-state index contributed by atoms with van der Waals surface area (Å²) in [5, 5.41) is 15.6. The van der Waals surface area contributed by atoms with E-state index in [0.717, 1.165) is 11.1 Å². The van der Waals surface area contributed by atoms with Crippen molar-refractivity contribution in [3.63, 3.8) is 0 Å². The van der Waals surface area contributed by atoms with Gasteiger partial charge in [-0.2, -0.15) is 0 Å². The molecule has 4 N–H and O–H groups in total. The summed E-state index contributed by atoms with van der Waals surface area (Å²) in [6.45, 7) is 0. The Morgan fingerprint density at radius 2 is 1.67 bits per heavy atom. The van der Waals surface area contributed by atoms with Gasteiger partial charge in [-0.25, -0.2) is 9.59 Å². The van der Waals surface area contributed by atoms with Crippen LogP contribution in [0.3, 0.4) is 0 Å². The topological polar surface area (TPSA) is 110 Å². The van der Waals surface area contributed by atoms with Crippen LogP contribution in [0.5, 0.6) is 0 Å². The van der Waals surface area contributed by atoms with Crippen molar-refractivity contribution in [2.24, 2.45) is 5.73 Å². The third-order valence-electron chi connectivity index (χ3n) is 2.36. The molecular formula is C15H15NO5. The quantitative estimate of drug-likeness (QED) is 0.729. The van der Waals surface area contributed by atoms with Gasteiger partial charge in [-0.3, -0.25) is 5.73 Å². The number of nitrogens with two attached hydrogens (primary N) is 1. The van der Waals surface area contributed by atoms with Crippen molar-refractivity contribution in [3.05, 3.63) is 66.5 Å². The molecule has 0 aliphatic carbocycles.